The first-order valence-electron chi connectivity index (χ1n) is 11.2. The number of hydrogen-bond acceptors (Lipinski definition) is 7. The van der Waals surface area contributed by atoms with Gasteiger partial charge in [-0.1, -0.05) is 18.2 Å². The van der Waals surface area contributed by atoms with E-state index in [9.17, 15) is 19.5 Å². The number of benzene rings is 3. The molecule has 36 heavy (non-hydrogen) atoms. The minimum absolute atomic E-state index is 0.0498. The molecule has 1 saturated heterocycles. The van der Waals surface area contributed by atoms with E-state index in [4.69, 9.17) is 9.47 Å². The number of ether oxygens (including phenoxy) is 2. The van der Waals surface area contributed by atoms with E-state index < -0.39 is 23.7 Å². The Labute approximate surface area is 209 Å². The van der Waals surface area contributed by atoms with Crippen molar-refractivity contribution in [2.24, 2.45) is 0 Å². The number of amides is 1. The third-order valence-corrected chi connectivity index (χ3v) is 6.08. The molecule has 0 aromatic heterocycles. The van der Waals surface area contributed by atoms with Gasteiger partial charge < -0.3 is 19.5 Å². The van der Waals surface area contributed by atoms with Crippen LogP contribution < -0.4 is 14.5 Å². The number of carbonyl (C=O) groups is 3. The number of methoxy groups -OCH3 is 2. The Balaban J connectivity index is 1.91. The van der Waals surface area contributed by atoms with Crippen LogP contribution in [0.15, 0.2) is 78.4 Å². The number of Topliss-reactive ketones (excluding diaryl/α,β-unsaturated/α-hetero) is 1. The van der Waals surface area contributed by atoms with Crippen LogP contribution in [0.25, 0.3) is 5.76 Å². The maximum absolute atomic E-state index is 13.3. The van der Waals surface area contributed by atoms with Crippen molar-refractivity contribution in [1.82, 2.24) is 0 Å². The molecule has 1 N–H and O–H groups in total. The lowest BCUT2D eigenvalue weighted by molar-refractivity contribution is -0.132. The average molecular weight is 487 g/mol. The Bertz CT molecular complexity index is 1340. The SMILES string of the molecule is COC(=O)c1cccc(N2C(=O)C(=O)/C(=C(/O)c3ccc(OC)cc3)C2c2ccc(N(C)C)cc2)c1. The van der Waals surface area contributed by atoms with Gasteiger partial charge in [0.15, 0.2) is 0 Å². The molecule has 1 heterocycles. The van der Waals surface area contributed by atoms with Crippen molar-refractivity contribution in [2.45, 2.75) is 6.04 Å². The fourth-order valence-electron chi connectivity index (χ4n) is 4.17. The van der Waals surface area contributed by atoms with E-state index in [2.05, 4.69) is 0 Å². The van der Waals surface area contributed by atoms with Crippen LogP contribution in [0.2, 0.25) is 0 Å². The second kappa shape index (κ2) is 9.95. The molecule has 1 fully saturated rings. The average Bonchev–Trinajstić information content (AvgIpc) is 3.18. The summed E-state index contributed by atoms with van der Waals surface area (Å²) in [5.74, 6) is -1.92. The molecule has 0 aliphatic carbocycles. The summed E-state index contributed by atoms with van der Waals surface area (Å²) < 4.78 is 9.99. The highest BCUT2D eigenvalue weighted by Crippen LogP contribution is 2.42. The summed E-state index contributed by atoms with van der Waals surface area (Å²) in [5, 5.41) is 11.2. The lowest BCUT2D eigenvalue weighted by Crippen LogP contribution is -2.29. The molecule has 1 atom stereocenters. The maximum Gasteiger partial charge on any atom is 0.337 e. The summed E-state index contributed by atoms with van der Waals surface area (Å²) in [7, 11) is 6.61. The van der Waals surface area contributed by atoms with Crippen molar-refractivity contribution in [3.05, 3.63) is 95.1 Å². The fraction of sp³-hybridized carbons (Fsp3) is 0.179. The van der Waals surface area contributed by atoms with E-state index >= 15 is 0 Å². The summed E-state index contributed by atoms with van der Waals surface area (Å²) in [5.41, 5.74) is 2.43. The van der Waals surface area contributed by atoms with Gasteiger partial charge in [-0.05, 0) is 60.2 Å². The first-order valence-corrected chi connectivity index (χ1v) is 11.2. The van der Waals surface area contributed by atoms with Crippen molar-refractivity contribution in [3.63, 3.8) is 0 Å². The van der Waals surface area contributed by atoms with Gasteiger partial charge in [-0.15, -0.1) is 0 Å². The summed E-state index contributed by atoms with van der Waals surface area (Å²) in [4.78, 5) is 42.0. The molecule has 0 bridgehead atoms. The Morgan fingerprint density at radius 2 is 1.58 bits per heavy atom. The van der Waals surface area contributed by atoms with Crippen molar-refractivity contribution >= 4 is 34.8 Å². The molecule has 0 saturated carbocycles. The zero-order valence-electron chi connectivity index (χ0n) is 20.4. The first kappa shape index (κ1) is 24.5. The number of esters is 1. The standard InChI is InChI=1S/C28H26N2O6/c1-29(2)20-12-8-17(9-13-20)24-23(25(31)18-10-14-22(35-3)15-11-18)26(32)27(33)30(24)21-7-5-6-19(16-21)28(34)36-4/h5-16,24,31H,1-4H3/b25-23+. The van der Waals surface area contributed by atoms with Crippen LogP contribution in [-0.2, 0) is 14.3 Å². The molecule has 0 spiro atoms. The predicted octanol–water partition coefficient (Wildman–Crippen LogP) is 4.17. The fourth-order valence-corrected chi connectivity index (χ4v) is 4.17. The van der Waals surface area contributed by atoms with Gasteiger partial charge >= 0.3 is 5.97 Å². The van der Waals surface area contributed by atoms with Crippen LogP contribution in [0.5, 0.6) is 5.75 Å². The van der Waals surface area contributed by atoms with Crippen LogP contribution >= 0.6 is 0 Å². The molecule has 8 nitrogen and oxygen atoms in total. The molecule has 3 aromatic rings. The van der Waals surface area contributed by atoms with Gasteiger partial charge in [-0.2, -0.15) is 0 Å². The number of carbonyl (C=O) groups excluding carboxylic acids is 3. The van der Waals surface area contributed by atoms with Gasteiger partial charge in [-0.3, -0.25) is 14.5 Å². The number of hydrogen-bond donors (Lipinski definition) is 1. The molecule has 1 unspecified atom stereocenters. The molecule has 184 valence electrons. The maximum atomic E-state index is 13.3. The molecular formula is C28H26N2O6. The summed E-state index contributed by atoms with van der Waals surface area (Å²) >= 11 is 0. The number of nitrogens with zero attached hydrogens (tertiary/aromatic N) is 2. The van der Waals surface area contributed by atoms with Crippen molar-refractivity contribution in [3.8, 4) is 5.75 Å². The normalized spacial score (nSPS) is 16.7. The topological polar surface area (TPSA) is 96.4 Å². The number of aliphatic hydroxyl groups is 1. The quantitative estimate of drug-likeness (QED) is 0.242. The minimum atomic E-state index is -0.920. The number of anilines is 2. The highest BCUT2D eigenvalue weighted by atomic mass is 16.5. The van der Waals surface area contributed by atoms with E-state index in [1.54, 1.807) is 42.5 Å². The van der Waals surface area contributed by atoms with Crippen LogP contribution in [0.3, 0.4) is 0 Å². The molecule has 1 aliphatic rings. The monoisotopic (exact) mass is 486 g/mol. The van der Waals surface area contributed by atoms with Gasteiger partial charge in [0.25, 0.3) is 11.7 Å². The Morgan fingerprint density at radius 3 is 2.17 bits per heavy atom. The molecule has 3 aromatic carbocycles. The lowest BCUT2D eigenvalue weighted by Gasteiger charge is -2.26. The Kier molecular flexibility index (Phi) is 6.78. The summed E-state index contributed by atoms with van der Waals surface area (Å²) in [6, 6.07) is 19.3. The first-order chi connectivity index (χ1) is 17.3. The zero-order chi connectivity index (χ0) is 26.0. The minimum Gasteiger partial charge on any atom is -0.507 e. The largest absolute Gasteiger partial charge is 0.507 e. The molecule has 1 aliphatic heterocycles. The van der Waals surface area contributed by atoms with E-state index in [0.717, 1.165) is 5.69 Å². The second-order valence-corrected chi connectivity index (χ2v) is 8.43. The smallest absolute Gasteiger partial charge is 0.337 e. The number of rotatable bonds is 6. The van der Waals surface area contributed by atoms with Gasteiger partial charge in [0.1, 0.15) is 11.5 Å². The van der Waals surface area contributed by atoms with Gasteiger partial charge in [0, 0.05) is 31.0 Å². The van der Waals surface area contributed by atoms with E-state index in [1.165, 1.54) is 25.2 Å². The van der Waals surface area contributed by atoms with Crippen LogP contribution in [0.1, 0.15) is 27.5 Å². The van der Waals surface area contributed by atoms with E-state index in [-0.39, 0.29) is 16.9 Å². The van der Waals surface area contributed by atoms with Crippen molar-refractivity contribution < 1.29 is 29.0 Å². The van der Waals surface area contributed by atoms with Crippen molar-refractivity contribution in [2.75, 3.05) is 38.1 Å². The molecule has 1 amide bonds. The second-order valence-electron chi connectivity index (χ2n) is 8.43. The van der Waals surface area contributed by atoms with Crippen LogP contribution in [0, 0.1) is 0 Å². The molecule has 8 heteroatoms. The van der Waals surface area contributed by atoms with Crippen molar-refractivity contribution in [1.29, 1.82) is 0 Å². The Morgan fingerprint density at radius 1 is 0.917 bits per heavy atom. The number of ketones is 1. The highest BCUT2D eigenvalue weighted by Gasteiger charge is 2.47. The predicted molar refractivity (Wildman–Crippen MR) is 136 cm³/mol. The number of aliphatic hydroxyl groups excluding tert-OH is 1. The third-order valence-electron chi connectivity index (χ3n) is 6.08. The Hall–Kier alpha value is -4.59. The third kappa shape index (κ3) is 4.40. The van der Waals surface area contributed by atoms with Crippen LogP contribution in [-0.4, -0.2) is 51.1 Å². The summed E-state index contributed by atoms with van der Waals surface area (Å²) in [6.45, 7) is 0. The van der Waals surface area contributed by atoms with E-state index in [0.29, 0.717) is 22.6 Å². The molecular weight excluding hydrogens is 460 g/mol. The van der Waals surface area contributed by atoms with Gasteiger partial charge in [-0.25, -0.2) is 4.79 Å². The van der Waals surface area contributed by atoms with Gasteiger partial charge in [0.2, 0.25) is 0 Å². The molecule has 0 radical (unpaired) electrons. The van der Waals surface area contributed by atoms with Crippen LogP contribution in [0.4, 0.5) is 11.4 Å². The highest BCUT2D eigenvalue weighted by molar-refractivity contribution is 6.51. The van der Waals surface area contributed by atoms with Gasteiger partial charge in [0.05, 0.1) is 31.4 Å². The van der Waals surface area contributed by atoms with E-state index in [1.807, 2.05) is 43.3 Å². The lowest BCUT2D eigenvalue weighted by atomic mass is 9.94. The zero-order valence-corrected chi connectivity index (χ0v) is 20.4. The molecule has 4 rings (SSSR count). The summed E-state index contributed by atoms with van der Waals surface area (Å²) in [6.07, 6.45) is 0.